The predicted octanol–water partition coefficient (Wildman–Crippen LogP) is 3.87. The lowest BCUT2D eigenvalue weighted by molar-refractivity contribution is -0.120. The molecular weight excluding hydrogens is 196 g/mol. The third kappa shape index (κ3) is 2.52. The zero-order valence-electron chi connectivity index (χ0n) is 10.0. The highest BCUT2D eigenvalue weighted by Crippen LogP contribution is 2.29. The van der Waals surface area contributed by atoms with Crippen LogP contribution in [0.15, 0.2) is 24.3 Å². The highest BCUT2D eigenvalue weighted by Gasteiger charge is 2.22. The van der Waals surface area contributed by atoms with Crippen molar-refractivity contribution in [1.29, 1.82) is 0 Å². The van der Waals surface area contributed by atoms with Crippen LogP contribution in [0, 0.1) is 0 Å². The highest BCUT2D eigenvalue weighted by molar-refractivity contribution is 5.85. The summed E-state index contributed by atoms with van der Waals surface area (Å²) in [5.74, 6) is 0.625. The summed E-state index contributed by atoms with van der Waals surface area (Å²) in [6.45, 7) is 2.16. The molecular formula is C15H20O. The molecule has 0 aliphatic heterocycles. The first-order valence-electron chi connectivity index (χ1n) is 6.43. The van der Waals surface area contributed by atoms with Crippen molar-refractivity contribution in [1.82, 2.24) is 0 Å². The molecule has 0 N–H and O–H groups in total. The molecule has 2 rings (SSSR count). The van der Waals surface area contributed by atoms with Gasteiger partial charge in [-0.1, -0.05) is 44.0 Å². The van der Waals surface area contributed by atoms with Gasteiger partial charge < -0.3 is 0 Å². The van der Waals surface area contributed by atoms with E-state index in [0.717, 1.165) is 25.7 Å². The molecule has 1 saturated carbocycles. The molecule has 1 aromatic carbocycles. The minimum Gasteiger partial charge on any atom is -0.299 e. The van der Waals surface area contributed by atoms with E-state index in [0.29, 0.717) is 5.78 Å². The van der Waals surface area contributed by atoms with Crippen LogP contribution in [0.4, 0.5) is 0 Å². The number of ketones is 1. The molecule has 0 radical (unpaired) electrons. The van der Waals surface area contributed by atoms with Crippen LogP contribution in [0.1, 0.15) is 56.1 Å². The third-order valence-corrected chi connectivity index (χ3v) is 3.57. The fraction of sp³-hybridized carbons (Fsp3) is 0.533. The van der Waals surface area contributed by atoms with Gasteiger partial charge in [-0.2, -0.15) is 0 Å². The summed E-state index contributed by atoms with van der Waals surface area (Å²) < 4.78 is 0. The lowest BCUT2D eigenvalue weighted by Crippen LogP contribution is -2.10. The second-order valence-corrected chi connectivity index (χ2v) is 4.72. The smallest absolute Gasteiger partial charge is 0.140 e. The molecule has 1 aliphatic carbocycles. The Morgan fingerprint density at radius 3 is 2.94 bits per heavy atom. The Morgan fingerprint density at radius 1 is 1.25 bits per heavy atom. The average Bonchev–Trinajstić information content (AvgIpc) is 2.54. The van der Waals surface area contributed by atoms with Gasteiger partial charge in [0.1, 0.15) is 5.78 Å². The molecule has 0 aromatic heterocycles. The second kappa shape index (κ2) is 5.29. The fourth-order valence-electron chi connectivity index (χ4n) is 2.54. The summed E-state index contributed by atoms with van der Waals surface area (Å²) in [6.07, 6.45) is 6.38. The number of carbonyl (C=O) groups is 1. The van der Waals surface area contributed by atoms with E-state index in [2.05, 4.69) is 31.2 Å². The van der Waals surface area contributed by atoms with Crippen LogP contribution in [-0.4, -0.2) is 5.78 Å². The Labute approximate surface area is 97.9 Å². The molecule has 86 valence electrons. The Hall–Kier alpha value is -1.11. The van der Waals surface area contributed by atoms with Crippen LogP contribution < -0.4 is 0 Å². The normalized spacial score (nSPS) is 21.8. The van der Waals surface area contributed by atoms with Crippen LogP contribution in [-0.2, 0) is 11.2 Å². The van der Waals surface area contributed by atoms with E-state index in [1.54, 1.807) is 0 Å². The molecule has 0 bridgehead atoms. The number of hydrogen-bond donors (Lipinski definition) is 0. The maximum atomic E-state index is 12.0. The van der Waals surface area contributed by atoms with Crippen molar-refractivity contribution in [3.8, 4) is 0 Å². The summed E-state index contributed by atoms with van der Waals surface area (Å²) in [6, 6.07) is 8.57. The van der Waals surface area contributed by atoms with Crippen molar-refractivity contribution in [3.63, 3.8) is 0 Å². The van der Waals surface area contributed by atoms with Crippen LogP contribution in [0.2, 0.25) is 0 Å². The van der Waals surface area contributed by atoms with Crippen LogP contribution in [0.5, 0.6) is 0 Å². The summed E-state index contributed by atoms with van der Waals surface area (Å²) in [5, 5.41) is 0. The van der Waals surface area contributed by atoms with Gasteiger partial charge in [0.25, 0.3) is 0 Å². The zero-order valence-corrected chi connectivity index (χ0v) is 10.0. The molecule has 0 amide bonds. The van der Waals surface area contributed by atoms with Crippen LogP contribution >= 0.6 is 0 Å². The van der Waals surface area contributed by atoms with E-state index in [1.807, 2.05) is 0 Å². The van der Waals surface area contributed by atoms with Gasteiger partial charge >= 0.3 is 0 Å². The van der Waals surface area contributed by atoms with Gasteiger partial charge in [0.2, 0.25) is 0 Å². The lowest BCUT2D eigenvalue weighted by Gasteiger charge is -2.14. The molecule has 1 aliphatic rings. The molecule has 0 spiro atoms. The van der Waals surface area contributed by atoms with Gasteiger partial charge in [-0.15, -0.1) is 0 Å². The fourth-order valence-corrected chi connectivity index (χ4v) is 2.54. The van der Waals surface area contributed by atoms with Gasteiger partial charge in [-0.05, 0) is 30.4 Å². The van der Waals surface area contributed by atoms with Gasteiger partial charge in [-0.25, -0.2) is 0 Å². The molecule has 1 nitrogen and oxygen atoms in total. The van der Waals surface area contributed by atoms with E-state index in [4.69, 9.17) is 0 Å². The van der Waals surface area contributed by atoms with Crippen LogP contribution in [0.25, 0.3) is 0 Å². The minimum atomic E-state index is 0.175. The monoisotopic (exact) mass is 216 g/mol. The Bertz CT molecular complexity index is 367. The van der Waals surface area contributed by atoms with Gasteiger partial charge in [0, 0.05) is 12.3 Å². The summed E-state index contributed by atoms with van der Waals surface area (Å²) >= 11 is 0. The molecule has 1 unspecified atom stereocenters. The maximum Gasteiger partial charge on any atom is 0.140 e. The summed E-state index contributed by atoms with van der Waals surface area (Å²) in [5.41, 5.74) is 2.58. The molecule has 16 heavy (non-hydrogen) atoms. The SMILES string of the molecule is CCc1cccc(C2CCCCCC2=O)c1. The minimum absolute atomic E-state index is 0.175. The van der Waals surface area contributed by atoms with E-state index >= 15 is 0 Å². The van der Waals surface area contributed by atoms with Crippen molar-refractivity contribution in [2.75, 3.05) is 0 Å². The standard InChI is InChI=1S/C15H20O/c1-2-12-7-6-8-13(11-12)14-9-4-3-5-10-15(14)16/h6-8,11,14H,2-5,9-10H2,1H3. The second-order valence-electron chi connectivity index (χ2n) is 4.72. The number of aryl methyl sites for hydroxylation is 1. The molecule has 1 aromatic rings. The lowest BCUT2D eigenvalue weighted by atomic mass is 9.89. The topological polar surface area (TPSA) is 17.1 Å². The first-order valence-corrected chi connectivity index (χ1v) is 6.43. The van der Waals surface area contributed by atoms with E-state index in [-0.39, 0.29) is 5.92 Å². The first kappa shape index (κ1) is 11.4. The Morgan fingerprint density at radius 2 is 2.12 bits per heavy atom. The van der Waals surface area contributed by atoms with E-state index in [1.165, 1.54) is 24.0 Å². The Balaban J connectivity index is 2.23. The molecule has 1 fully saturated rings. The average molecular weight is 216 g/mol. The molecule has 0 saturated heterocycles. The van der Waals surface area contributed by atoms with Crippen molar-refractivity contribution in [3.05, 3.63) is 35.4 Å². The number of rotatable bonds is 2. The quantitative estimate of drug-likeness (QED) is 0.686. The number of carbonyl (C=O) groups excluding carboxylic acids is 1. The van der Waals surface area contributed by atoms with Gasteiger partial charge in [-0.3, -0.25) is 4.79 Å². The molecule has 1 atom stereocenters. The zero-order chi connectivity index (χ0) is 11.4. The van der Waals surface area contributed by atoms with Gasteiger partial charge in [0.05, 0.1) is 0 Å². The number of benzene rings is 1. The van der Waals surface area contributed by atoms with Crippen molar-refractivity contribution < 1.29 is 4.79 Å². The van der Waals surface area contributed by atoms with Crippen LogP contribution in [0.3, 0.4) is 0 Å². The summed E-state index contributed by atoms with van der Waals surface area (Å²) in [7, 11) is 0. The predicted molar refractivity (Wildman–Crippen MR) is 66.7 cm³/mol. The van der Waals surface area contributed by atoms with E-state index < -0.39 is 0 Å². The number of Topliss-reactive ketones (excluding diaryl/α,β-unsaturated/α-hetero) is 1. The van der Waals surface area contributed by atoms with Crippen molar-refractivity contribution >= 4 is 5.78 Å². The molecule has 1 heteroatoms. The highest BCUT2D eigenvalue weighted by atomic mass is 16.1. The Kier molecular flexibility index (Phi) is 3.76. The largest absolute Gasteiger partial charge is 0.299 e. The number of hydrogen-bond acceptors (Lipinski definition) is 1. The van der Waals surface area contributed by atoms with Crippen molar-refractivity contribution in [2.24, 2.45) is 0 Å². The summed E-state index contributed by atoms with van der Waals surface area (Å²) in [4.78, 5) is 12.0. The molecule has 0 heterocycles. The third-order valence-electron chi connectivity index (χ3n) is 3.57. The van der Waals surface area contributed by atoms with Crippen molar-refractivity contribution in [2.45, 2.75) is 51.4 Å². The van der Waals surface area contributed by atoms with Gasteiger partial charge in [0.15, 0.2) is 0 Å². The maximum absolute atomic E-state index is 12.0. The van der Waals surface area contributed by atoms with E-state index in [9.17, 15) is 4.79 Å². The first-order chi connectivity index (χ1) is 7.81.